The first-order valence-electron chi connectivity index (χ1n) is 12.8. The number of rotatable bonds is 4. The lowest BCUT2D eigenvalue weighted by atomic mass is 10.0. The molecule has 0 radical (unpaired) electrons. The highest BCUT2D eigenvalue weighted by Crippen LogP contribution is 2.37. The van der Waals surface area contributed by atoms with Gasteiger partial charge in [0.2, 0.25) is 0 Å². The minimum atomic E-state index is -0.544. The van der Waals surface area contributed by atoms with E-state index < -0.39 is 5.82 Å². The van der Waals surface area contributed by atoms with Crippen LogP contribution in [0.3, 0.4) is 0 Å². The molecular weight excluding hydrogens is 467 g/mol. The summed E-state index contributed by atoms with van der Waals surface area (Å²) in [6, 6.07) is 20.5. The number of pyridine rings is 1. The molecule has 1 atom stereocenters. The molecule has 3 aromatic carbocycles. The van der Waals surface area contributed by atoms with E-state index in [1.54, 1.807) is 17.2 Å². The van der Waals surface area contributed by atoms with E-state index in [9.17, 15) is 4.79 Å². The third-order valence-electron chi connectivity index (χ3n) is 7.29. The molecule has 2 aliphatic rings. The number of hydrogen-bond acceptors (Lipinski definition) is 5. The van der Waals surface area contributed by atoms with Gasteiger partial charge < -0.3 is 15.0 Å². The molecule has 0 saturated carbocycles. The Kier molecular flexibility index (Phi) is 6.22. The lowest BCUT2D eigenvalue weighted by molar-refractivity contribution is 0.0968. The molecule has 0 unspecified atom stereocenters. The average Bonchev–Trinajstić information content (AvgIpc) is 2.93. The first-order valence-corrected chi connectivity index (χ1v) is 12.8. The number of aryl methyl sites for hydroxylation is 1. The van der Waals surface area contributed by atoms with Crippen molar-refractivity contribution in [1.82, 2.24) is 10.3 Å². The Morgan fingerprint density at radius 3 is 2.86 bits per heavy atom. The summed E-state index contributed by atoms with van der Waals surface area (Å²) in [4.78, 5) is 22.5. The van der Waals surface area contributed by atoms with Gasteiger partial charge in [-0.1, -0.05) is 30.3 Å². The van der Waals surface area contributed by atoms with E-state index >= 15 is 4.39 Å². The minimum absolute atomic E-state index is 0.0447. The van der Waals surface area contributed by atoms with Gasteiger partial charge >= 0.3 is 0 Å². The van der Waals surface area contributed by atoms with Crippen molar-refractivity contribution in [2.75, 3.05) is 36.0 Å². The fourth-order valence-corrected chi connectivity index (χ4v) is 5.47. The number of hydrogen-bond donors (Lipinski definition) is 1. The number of carbonyl (C=O) groups excluding carboxylic acids is 1. The van der Waals surface area contributed by atoms with Crippen LogP contribution in [0.2, 0.25) is 0 Å². The highest BCUT2D eigenvalue weighted by molar-refractivity contribution is 6.11. The Hall–Kier alpha value is -3.97. The zero-order chi connectivity index (χ0) is 25.4. The summed E-state index contributed by atoms with van der Waals surface area (Å²) in [5, 5.41) is 5.33. The van der Waals surface area contributed by atoms with Crippen molar-refractivity contribution in [2.45, 2.75) is 25.8 Å². The van der Waals surface area contributed by atoms with Gasteiger partial charge in [-0.05, 0) is 73.7 Å². The lowest BCUT2D eigenvalue weighted by Gasteiger charge is -2.35. The summed E-state index contributed by atoms with van der Waals surface area (Å²) >= 11 is 0. The normalized spacial score (nSPS) is 17.2. The van der Waals surface area contributed by atoms with Gasteiger partial charge in [0.05, 0.1) is 23.8 Å². The number of amides is 1. The van der Waals surface area contributed by atoms with Gasteiger partial charge in [0, 0.05) is 23.8 Å². The summed E-state index contributed by atoms with van der Waals surface area (Å²) in [6.45, 7) is 4.67. The molecule has 1 aromatic heterocycles. The molecular formula is C30H29FN4O2. The number of fused-ring (bicyclic) bond motifs is 2. The van der Waals surface area contributed by atoms with Gasteiger partial charge in [0.25, 0.3) is 5.91 Å². The maximum absolute atomic E-state index is 15.7. The molecule has 1 fully saturated rings. The van der Waals surface area contributed by atoms with Crippen molar-refractivity contribution in [1.29, 1.82) is 0 Å². The Morgan fingerprint density at radius 1 is 1.14 bits per heavy atom. The van der Waals surface area contributed by atoms with Crippen molar-refractivity contribution in [3.05, 3.63) is 89.9 Å². The zero-order valence-corrected chi connectivity index (χ0v) is 20.8. The monoisotopic (exact) mass is 496 g/mol. The number of aromatic nitrogens is 1. The van der Waals surface area contributed by atoms with Crippen molar-refractivity contribution in [2.24, 2.45) is 0 Å². The Labute approximate surface area is 215 Å². The average molecular weight is 497 g/mol. The maximum atomic E-state index is 15.7. The quantitative estimate of drug-likeness (QED) is 0.398. The maximum Gasteiger partial charge on any atom is 0.262 e. The third kappa shape index (κ3) is 4.29. The molecule has 6 nitrogen and oxygen atoms in total. The van der Waals surface area contributed by atoms with E-state index in [0.29, 0.717) is 31.2 Å². The van der Waals surface area contributed by atoms with Gasteiger partial charge in [-0.25, -0.2) is 9.37 Å². The molecule has 0 bridgehead atoms. The van der Waals surface area contributed by atoms with Crippen molar-refractivity contribution >= 4 is 33.9 Å². The summed E-state index contributed by atoms with van der Waals surface area (Å²) in [5.74, 6) is 0.433. The Bertz CT molecular complexity index is 1460. The first kappa shape index (κ1) is 23.4. The molecule has 4 aromatic rings. The number of ether oxygens (including phenoxy) is 1. The summed E-state index contributed by atoms with van der Waals surface area (Å²) in [5.41, 5.74) is 2.65. The lowest BCUT2D eigenvalue weighted by Crippen LogP contribution is -2.49. The van der Waals surface area contributed by atoms with E-state index in [4.69, 9.17) is 4.74 Å². The van der Waals surface area contributed by atoms with Crippen LogP contribution in [0.15, 0.2) is 72.9 Å². The van der Waals surface area contributed by atoms with Crippen LogP contribution in [-0.4, -0.2) is 43.2 Å². The van der Waals surface area contributed by atoms with Crippen LogP contribution < -0.4 is 19.9 Å². The number of anilines is 3. The molecule has 0 spiro atoms. The van der Waals surface area contributed by atoms with Crippen molar-refractivity contribution in [3.63, 3.8) is 0 Å². The Balaban J connectivity index is 1.41. The molecule has 6 rings (SSSR count). The van der Waals surface area contributed by atoms with E-state index in [0.717, 1.165) is 47.2 Å². The standard InChI is InChI=1S/C30H29FN4O2/c1-20-6-4-7-21-13-15-33-29(28(20)21)35(23-8-5-14-32-19-23)30(36)24-12-11-22(18-25(24)31)34-16-17-37-27-10-3-2-9-26(27)34/h2-4,6-7,9-13,15,18,23,32H,5,8,14,16-17,19H2,1H3/t23-/m1/s1. The van der Waals surface area contributed by atoms with Crippen LogP contribution in [0.1, 0.15) is 28.8 Å². The minimum Gasteiger partial charge on any atom is -0.490 e. The fourth-order valence-electron chi connectivity index (χ4n) is 5.47. The highest BCUT2D eigenvalue weighted by Gasteiger charge is 2.32. The van der Waals surface area contributed by atoms with Crippen LogP contribution >= 0.6 is 0 Å². The van der Waals surface area contributed by atoms with E-state index in [1.807, 2.05) is 66.4 Å². The van der Waals surface area contributed by atoms with E-state index in [1.165, 1.54) is 6.07 Å². The number of piperidine rings is 1. The van der Waals surface area contributed by atoms with Gasteiger partial charge in [0.1, 0.15) is 24.0 Å². The summed E-state index contributed by atoms with van der Waals surface area (Å²) in [6.07, 6.45) is 3.49. The highest BCUT2D eigenvalue weighted by atomic mass is 19.1. The molecule has 1 saturated heterocycles. The van der Waals surface area contributed by atoms with Gasteiger partial charge in [-0.15, -0.1) is 0 Å². The zero-order valence-electron chi connectivity index (χ0n) is 20.8. The van der Waals surface area contributed by atoms with Gasteiger partial charge in [-0.2, -0.15) is 0 Å². The first-order chi connectivity index (χ1) is 18.1. The Morgan fingerprint density at radius 2 is 2.03 bits per heavy atom. The van der Waals surface area contributed by atoms with Crippen LogP contribution in [0.5, 0.6) is 5.75 Å². The topological polar surface area (TPSA) is 57.7 Å². The van der Waals surface area contributed by atoms with E-state index in [2.05, 4.69) is 10.3 Å². The smallest absolute Gasteiger partial charge is 0.262 e. The number of nitrogens with one attached hydrogen (secondary N) is 1. The molecule has 1 N–H and O–H groups in total. The second-order valence-corrected chi connectivity index (χ2v) is 9.61. The summed E-state index contributed by atoms with van der Waals surface area (Å²) < 4.78 is 21.5. The van der Waals surface area contributed by atoms with Crippen LogP contribution in [0, 0.1) is 12.7 Å². The molecule has 3 heterocycles. The largest absolute Gasteiger partial charge is 0.490 e. The fraction of sp³-hybridized carbons (Fsp3) is 0.267. The van der Waals surface area contributed by atoms with Crippen LogP contribution in [0.4, 0.5) is 21.6 Å². The number of benzene rings is 3. The van der Waals surface area contributed by atoms with Crippen LogP contribution in [0.25, 0.3) is 10.8 Å². The molecule has 7 heteroatoms. The predicted molar refractivity (Wildman–Crippen MR) is 145 cm³/mol. The third-order valence-corrected chi connectivity index (χ3v) is 7.29. The van der Waals surface area contributed by atoms with Gasteiger partial charge in [-0.3, -0.25) is 9.69 Å². The second-order valence-electron chi connectivity index (χ2n) is 9.61. The van der Waals surface area contributed by atoms with Crippen LogP contribution in [-0.2, 0) is 0 Å². The molecule has 188 valence electrons. The van der Waals surface area contributed by atoms with Gasteiger partial charge in [0.15, 0.2) is 0 Å². The van der Waals surface area contributed by atoms with Crippen molar-refractivity contribution < 1.29 is 13.9 Å². The molecule has 2 aliphatic heterocycles. The molecule has 1 amide bonds. The van der Waals surface area contributed by atoms with E-state index in [-0.39, 0.29) is 17.5 Å². The number of nitrogens with zero attached hydrogens (tertiary/aromatic N) is 3. The number of para-hydroxylation sites is 2. The SMILES string of the molecule is Cc1cccc2ccnc(N(C(=O)c3ccc(N4CCOc5ccccc54)cc3F)[C@@H]3CCCNC3)c12. The predicted octanol–water partition coefficient (Wildman–Crippen LogP) is 5.61. The summed E-state index contributed by atoms with van der Waals surface area (Å²) in [7, 11) is 0. The number of carbonyl (C=O) groups is 1. The number of halogens is 1. The molecule has 0 aliphatic carbocycles. The molecule has 37 heavy (non-hydrogen) atoms. The second kappa shape index (κ2) is 9.82. The van der Waals surface area contributed by atoms with Crippen molar-refractivity contribution in [3.8, 4) is 5.75 Å².